The second kappa shape index (κ2) is 4.33. The van der Waals surface area contributed by atoms with E-state index in [0.29, 0.717) is 17.8 Å². The molecular weight excluding hydrogens is 224 g/mol. The third-order valence-electron chi connectivity index (χ3n) is 3.30. The van der Waals surface area contributed by atoms with Crippen molar-refractivity contribution in [2.24, 2.45) is 0 Å². The Bertz CT molecular complexity index is 602. The van der Waals surface area contributed by atoms with Crippen molar-refractivity contribution >= 4 is 5.78 Å². The molecule has 0 atom stereocenters. The molecule has 1 aromatic carbocycles. The van der Waals surface area contributed by atoms with Crippen LogP contribution in [0.5, 0.6) is 0 Å². The van der Waals surface area contributed by atoms with Crippen LogP contribution in [-0.4, -0.2) is 15.8 Å². The van der Waals surface area contributed by atoms with E-state index in [1.807, 2.05) is 24.3 Å². The molecule has 0 fully saturated rings. The van der Waals surface area contributed by atoms with Gasteiger partial charge in [-0.25, -0.2) is 9.97 Å². The first-order chi connectivity index (χ1) is 8.74. The molecule has 90 valence electrons. The highest BCUT2D eigenvalue weighted by atomic mass is 16.1. The molecule has 3 rings (SSSR count). The van der Waals surface area contributed by atoms with E-state index in [-0.39, 0.29) is 5.78 Å². The van der Waals surface area contributed by atoms with Crippen LogP contribution in [0.3, 0.4) is 0 Å². The van der Waals surface area contributed by atoms with Crippen LogP contribution in [0.4, 0.5) is 0 Å². The fourth-order valence-electron chi connectivity index (χ4n) is 2.23. The Labute approximate surface area is 106 Å². The van der Waals surface area contributed by atoms with Crippen molar-refractivity contribution < 1.29 is 4.79 Å². The molecule has 1 heterocycles. The summed E-state index contributed by atoms with van der Waals surface area (Å²) in [4.78, 5) is 20.5. The monoisotopic (exact) mass is 238 g/mol. The van der Waals surface area contributed by atoms with Gasteiger partial charge in [0.1, 0.15) is 0 Å². The first-order valence-corrected chi connectivity index (χ1v) is 6.20. The van der Waals surface area contributed by atoms with E-state index in [0.717, 1.165) is 24.1 Å². The smallest absolute Gasteiger partial charge is 0.166 e. The molecule has 18 heavy (non-hydrogen) atoms. The predicted molar refractivity (Wildman–Crippen MR) is 69.5 cm³/mol. The second-order valence-corrected chi connectivity index (χ2v) is 4.70. The van der Waals surface area contributed by atoms with Gasteiger partial charge in [0.05, 0.1) is 11.3 Å². The lowest BCUT2D eigenvalue weighted by Gasteiger charge is -2.13. The number of benzene rings is 1. The number of Topliss-reactive ketones (excluding diaryl/α,β-unsaturated/α-hetero) is 1. The van der Waals surface area contributed by atoms with Crippen LogP contribution in [-0.2, 0) is 6.42 Å². The van der Waals surface area contributed by atoms with E-state index in [2.05, 4.69) is 16.9 Å². The van der Waals surface area contributed by atoms with Crippen LogP contribution in [0.25, 0.3) is 11.4 Å². The summed E-state index contributed by atoms with van der Waals surface area (Å²) in [6.07, 6.45) is 4.08. The normalized spacial score (nSPS) is 14.4. The van der Waals surface area contributed by atoms with Gasteiger partial charge in [-0.1, -0.05) is 29.8 Å². The van der Waals surface area contributed by atoms with Crippen molar-refractivity contribution in [2.75, 3.05) is 0 Å². The number of aryl methyl sites for hydroxylation is 2. The molecule has 0 spiro atoms. The molecule has 3 nitrogen and oxygen atoms in total. The summed E-state index contributed by atoms with van der Waals surface area (Å²) in [5.74, 6) is 0.884. The number of carbonyl (C=O) groups excluding carboxylic acids is 1. The lowest BCUT2D eigenvalue weighted by atomic mass is 9.96. The van der Waals surface area contributed by atoms with Gasteiger partial charge >= 0.3 is 0 Å². The first-order valence-electron chi connectivity index (χ1n) is 6.20. The van der Waals surface area contributed by atoms with E-state index in [4.69, 9.17) is 0 Å². The maximum absolute atomic E-state index is 11.7. The number of carbonyl (C=O) groups is 1. The van der Waals surface area contributed by atoms with Gasteiger partial charge in [0.15, 0.2) is 11.6 Å². The summed E-state index contributed by atoms with van der Waals surface area (Å²) >= 11 is 0. The third kappa shape index (κ3) is 1.92. The summed E-state index contributed by atoms with van der Waals surface area (Å²) in [5.41, 5.74) is 3.82. The van der Waals surface area contributed by atoms with Crippen molar-refractivity contribution in [3.05, 3.63) is 47.3 Å². The zero-order valence-corrected chi connectivity index (χ0v) is 10.3. The van der Waals surface area contributed by atoms with Crippen LogP contribution < -0.4 is 0 Å². The summed E-state index contributed by atoms with van der Waals surface area (Å²) in [5, 5.41) is 0. The minimum atomic E-state index is 0.173. The number of hydrogen-bond acceptors (Lipinski definition) is 3. The third-order valence-corrected chi connectivity index (χ3v) is 3.30. The van der Waals surface area contributed by atoms with Crippen molar-refractivity contribution in [3.63, 3.8) is 0 Å². The average Bonchev–Trinajstić information content (AvgIpc) is 2.39. The van der Waals surface area contributed by atoms with Gasteiger partial charge in [0.25, 0.3) is 0 Å². The fourth-order valence-corrected chi connectivity index (χ4v) is 2.23. The Hall–Kier alpha value is -2.03. The van der Waals surface area contributed by atoms with E-state index < -0.39 is 0 Å². The molecule has 0 aliphatic heterocycles. The number of fused-ring (bicyclic) bond motifs is 1. The minimum absolute atomic E-state index is 0.173. The molecule has 0 saturated heterocycles. The molecule has 0 saturated carbocycles. The molecular formula is C15H14N2O. The Morgan fingerprint density at radius 2 is 1.89 bits per heavy atom. The van der Waals surface area contributed by atoms with Crippen LogP contribution in [0, 0.1) is 6.92 Å². The number of aromatic nitrogens is 2. The highest BCUT2D eigenvalue weighted by molar-refractivity contribution is 5.97. The van der Waals surface area contributed by atoms with Crippen molar-refractivity contribution in [3.8, 4) is 11.4 Å². The van der Waals surface area contributed by atoms with Gasteiger partial charge in [0.2, 0.25) is 0 Å². The highest BCUT2D eigenvalue weighted by Gasteiger charge is 2.19. The van der Waals surface area contributed by atoms with Gasteiger partial charge in [0, 0.05) is 18.2 Å². The number of rotatable bonds is 1. The van der Waals surface area contributed by atoms with Crippen molar-refractivity contribution in [1.29, 1.82) is 0 Å². The number of nitrogens with zero attached hydrogens (tertiary/aromatic N) is 2. The van der Waals surface area contributed by atoms with Crippen LogP contribution in [0.15, 0.2) is 30.5 Å². The van der Waals surface area contributed by atoms with Gasteiger partial charge in [-0.3, -0.25) is 4.79 Å². The first kappa shape index (κ1) is 11.1. The second-order valence-electron chi connectivity index (χ2n) is 4.70. The van der Waals surface area contributed by atoms with Crippen molar-refractivity contribution in [1.82, 2.24) is 9.97 Å². The summed E-state index contributed by atoms with van der Waals surface area (Å²) in [6.45, 7) is 2.05. The lowest BCUT2D eigenvalue weighted by Crippen LogP contribution is -2.13. The molecule has 2 aromatic rings. The minimum Gasteiger partial charge on any atom is -0.294 e. The quantitative estimate of drug-likeness (QED) is 0.767. The molecule has 1 aromatic heterocycles. The zero-order valence-electron chi connectivity index (χ0n) is 10.3. The Balaban J connectivity index is 2.04. The van der Waals surface area contributed by atoms with Crippen molar-refractivity contribution in [2.45, 2.75) is 26.2 Å². The lowest BCUT2D eigenvalue weighted by molar-refractivity contribution is 0.0971. The van der Waals surface area contributed by atoms with Gasteiger partial charge in [-0.15, -0.1) is 0 Å². The van der Waals surface area contributed by atoms with E-state index in [1.165, 1.54) is 5.56 Å². The molecule has 3 heteroatoms. The number of hydrogen-bond donors (Lipinski definition) is 0. The highest BCUT2D eigenvalue weighted by Crippen LogP contribution is 2.22. The maximum Gasteiger partial charge on any atom is 0.166 e. The van der Waals surface area contributed by atoms with E-state index in [1.54, 1.807) is 6.20 Å². The topological polar surface area (TPSA) is 42.9 Å². The van der Waals surface area contributed by atoms with E-state index >= 15 is 0 Å². The summed E-state index contributed by atoms with van der Waals surface area (Å²) < 4.78 is 0. The van der Waals surface area contributed by atoms with Gasteiger partial charge in [-0.2, -0.15) is 0 Å². The van der Waals surface area contributed by atoms with Crippen LogP contribution >= 0.6 is 0 Å². The zero-order chi connectivity index (χ0) is 12.5. The molecule has 0 amide bonds. The SMILES string of the molecule is Cc1ccc(-c2ncc3c(n2)CCCC3=O)cc1. The largest absolute Gasteiger partial charge is 0.294 e. The Kier molecular flexibility index (Phi) is 2.67. The van der Waals surface area contributed by atoms with Gasteiger partial charge in [-0.05, 0) is 19.8 Å². The maximum atomic E-state index is 11.7. The summed E-state index contributed by atoms with van der Waals surface area (Å²) in [6, 6.07) is 8.12. The predicted octanol–water partition coefficient (Wildman–Crippen LogP) is 2.97. The standard InChI is InChI=1S/C15H14N2O/c1-10-5-7-11(8-6-10)15-16-9-12-13(17-15)3-2-4-14(12)18/h5-9H,2-4H2,1H3. The molecule has 0 bridgehead atoms. The average molecular weight is 238 g/mol. The van der Waals surface area contributed by atoms with Crippen LogP contribution in [0.1, 0.15) is 34.5 Å². The molecule has 0 unspecified atom stereocenters. The summed E-state index contributed by atoms with van der Waals surface area (Å²) in [7, 11) is 0. The Morgan fingerprint density at radius 3 is 2.67 bits per heavy atom. The van der Waals surface area contributed by atoms with E-state index in [9.17, 15) is 4.79 Å². The molecule has 0 radical (unpaired) electrons. The van der Waals surface area contributed by atoms with Crippen LogP contribution in [0.2, 0.25) is 0 Å². The molecule has 1 aliphatic rings. The molecule has 1 aliphatic carbocycles. The number of ketones is 1. The van der Waals surface area contributed by atoms with Gasteiger partial charge < -0.3 is 0 Å². The fraction of sp³-hybridized carbons (Fsp3) is 0.267. The Morgan fingerprint density at radius 1 is 1.11 bits per heavy atom. The molecule has 0 N–H and O–H groups in total.